The first-order valence-electron chi connectivity index (χ1n) is 7.73. The van der Waals surface area contributed by atoms with Gasteiger partial charge in [-0.25, -0.2) is 4.98 Å². The highest BCUT2D eigenvalue weighted by Crippen LogP contribution is 2.34. The molecule has 2 N–H and O–H groups in total. The van der Waals surface area contributed by atoms with E-state index in [1.165, 1.54) is 11.3 Å². The number of aliphatic hydroxyl groups excluding tert-OH is 1. The number of rotatable bonds is 7. The first kappa shape index (κ1) is 16.0. The zero-order valence-corrected chi connectivity index (χ0v) is 13.8. The van der Waals surface area contributed by atoms with Crippen LogP contribution < -0.4 is 10.1 Å². The first-order chi connectivity index (χ1) is 11.2. The van der Waals surface area contributed by atoms with Crippen LogP contribution in [0.3, 0.4) is 0 Å². The van der Waals surface area contributed by atoms with Gasteiger partial charge in [0, 0.05) is 18.0 Å². The molecule has 1 aliphatic rings. The molecule has 1 heterocycles. The van der Waals surface area contributed by atoms with Gasteiger partial charge in [0.2, 0.25) is 0 Å². The van der Waals surface area contributed by atoms with Gasteiger partial charge >= 0.3 is 0 Å². The standard InChI is InChI=1S/C17H20N2O3S/c1-22-15-5-3-2-4-12(15)17-19-14(10-23-17)16(21)18-13(8-9-20)11-6-7-11/h2-5,10-11,13,20H,6-9H2,1H3,(H,18,21). The van der Waals surface area contributed by atoms with Crippen LogP contribution in [0.2, 0.25) is 0 Å². The summed E-state index contributed by atoms with van der Waals surface area (Å²) in [5.41, 5.74) is 1.30. The predicted octanol–water partition coefficient (Wildman–Crippen LogP) is 2.71. The molecule has 0 spiro atoms. The second-order valence-corrected chi connectivity index (χ2v) is 6.53. The minimum atomic E-state index is -0.173. The average Bonchev–Trinajstić information content (AvgIpc) is 3.30. The molecular formula is C17H20N2O3S. The molecule has 1 fully saturated rings. The molecule has 1 aliphatic carbocycles. The van der Waals surface area contributed by atoms with Crippen molar-refractivity contribution in [3.05, 3.63) is 35.3 Å². The number of hydrogen-bond acceptors (Lipinski definition) is 5. The third kappa shape index (κ3) is 3.71. The van der Waals surface area contributed by atoms with Gasteiger partial charge in [-0.3, -0.25) is 4.79 Å². The number of carbonyl (C=O) groups excluding carboxylic acids is 1. The maximum Gasteiger partial charge on any atom is 0.271 e. The van der Waals surface area contributed by atoms with Crippen molar-refractivity contribution in [2.24, 2.45) is 5.92 Å². The molecule has 0 saturated heterocycles. The summed E-state index contributed by atoms with van der Waals surface area (Å²) in [4.78, 5) is 16.8. The van der Waals surface area contributed by atoms with E-state index in [1.807, 2.05) is 24.3 Å². The lowest BCUT2D eigenvalue weighted by molar-refractivity contribution is 0.0920. The van der Waals surface area contributed by atoms with Crippen molar-refractivity contribution >= 4 is 17.2 Å². The van der Waals surface area contributed by atoms with E-state index in [1.54, 1.807) is 12.5 Å². The Morgan fingerprint density at radius 3 is 2.96 bits per heavy atom. The fourth-order valence-corrected chi connectivity index (χ4v) is 3.46. The van der Waals surface area contributed by atoms with Gasteiger partial charge in [0.1, 0.15) is 16.5 Å². The van der Waals surface area contributed by atoms with Crippen LogP contribution in [0, 0.1) is 5.92 Å². The van der Waals surface area contributed by atoms with Gasteiger partial charge in [0.05, 0.1) is 12.7 Å². The molecule has 1 atom stereocenters. The topological polar surface area (TPSA) is 71.5 Å². The number of ether oxygens (including phenoxy) is 1. The highest BCUT2D eigenvalue weighted by molar-refractivity contribution is 7.13. The monoisotopic (exact) mass is 332 g/mol. The summed E-state index contributed by atoms with van der Waals surface area (Å²) in [6, 6.07) is 7.67. The third-order valence-electron chi connectivity index (χ3n) is 4.02. The van der Waals surface area contributed by atoms with Crippen LogP contribution in [0.4, 0.5) is 0 Å². The van der Waals surface area contributed by atoms with E-state index in [0.717, 1.165) is 29.2 Å². The average molecular weight is 332 g/mol. The van der Waals surface area contributed by atoms with E-state index in [4.69, 9.17) is 9.84 Å². The van der Waals surface area contributed by atoms with Crippen LogP contribution in [0.15, 0.2) is 29.6 Å². The van der Waals surface area contributed by atoms with Crippen molar-refractivity contribution < 1.29 is 14.6 Å². The Morgan fingerprint density at radius 2 is 2.26 bits per heavy atom. The molecule has 23 heavy (non-hydrogen) atoms. The number of para-hydroxylation sites is 1. The molecule has 2 aromatic rings. The number of aliphatic hydroxyl groups is 1. The maximum atomic E-state index is 12.4. The van der Waals surface area contributed by atoms with Gasteiger partial charge < -0.3 is 15.2 Å². The largest absolute Gasteiger partial charge is 0.496 e. The number of methoxy groups -OCH3 is 1. The highest BCUT2D eigenvalue weighted by Gasteiger charge is 2.32. The van der Waals surface area contributed by atoms with Gasteiger partial charge in [0.15, 0.2) is 0 Å². The van der Waals surface area contributed by atoms with Crippen LogP contribution in [0.25, 0.3) is 10.6 Å². The van der Waals surface area contributed by atoms with Crippen molar-refractivity contribution in [1.82, 2.24) is 10.3 Å². The lowest BCUT2D eigenvalue weighted by atomic mass is 10.1. The van der Waals surface area contributed by atoms with Crippen LogP contribution >= 0.6 is 11.3 Å². The number of nitrogens with one attached hydrogen (secondary N) is 1. The number of thiazole rings is 1. The molecule has 0 radical (unpaired) electrons. The summed E-state index contributed by atoms with van der Waals surface area (Å²) in [6.45, 7) is 0.0883. The zero-order chi connectivity index (χ0) is 16.2. The lowest BCUT2D eigenvalue weighted by Crippen LogP contribution is -2.37. The summed E-state index contributed by atoms with van der Waals surface area (Å²) < 4.78 is 5.34. The molecule has 1 saturated carbocycles. The molecule has 3 rings (SSSR count). The Labute approximate surface area is 139 Å². The second kappa shape index (κ2) is 7.10. The highest BCUT2D eigenvalue weighted by atomic mass is 32.1. The van der Waals surface area contributed by atoms with E-state index < -0.39 is 0 Å². The Morgan fingerprint density at radius 1 is 1.48 bits per heavy atom. The maximum absolute atomic E-state index is 12.4. The van der Waals surface area contributed by atoms with Crippen molar-refractivity contribution in [2.45, 2.75) is 25.3 Å². The van der Waals surface area contributed by atoms with Crippen LogP contribution in [-0.2, 0) is 0 Å². The zero-order valence-electron chi connectivity index (χ0n) is 13.0. The molecule has 5 nitrogen and oxygen atoms in total. The van der Waals surface area contributed by atoms with Gasteiger partial charge in [-0.05, 0) is 37.3 Å². The summed E-state index contributed by atoms with van der Waals surface area (Å²) in [6.07, 6.45) is 2.84. The van der Waals surface area contributed by atoms with Crippen molar-refractivity contribution in [2.75, 3.05) is 13.7 Å². The Bertz CT molecular complexity index is 682. The fraction of sp³-hybridized carbons (Fsp3) is 0.412. The third-order valence-corrected chi connectivity index (χ3v) is 4.90. The predicted molar refractivity (Wildman–Crippen MR) is 89.8 cm³/mol. The van der Waals surface area contributed by atoms with E-state index in [-0.39, 0.29) is 18.6 Å². The van der Waals surface area contributed by atoms with E-state index in [9.17, 15) is 4.79 Å². The van der Waals surface area contributed by atoms with Crippen molar-refractivity contribution in [3.8, 4) is 16.3 Å². The van der Waals surface area contributed by atoms with Gasteiger partial charge in [-0.2, -0.15) is 0 Å². The molecular weight excluding hydrogens is 312 g/mol. The molecule has 1 amide bonds. The summed E-state index contributed by atoms with van der Waals surface area (Å²) >= 11 is 1.42. The van der Waals surface area contributed by atoms with E-state index >= 15 is 0 Å². The molecule has 0 bridgehead atoms. The number of benzene rings is 1. The minimum absolute atomic E-state index is 0.0453. The Balaban J connectivity index is 1.74. The van der Waals surface area contributed by atoms with Gasteiger partial charge in [-0.1, -0.05) is 12.1 Å². The molecule has 0 aliphatic heterocycles. The smallest absolute Gasteiger partial charge is 0.271 e. The fourth-order valence-electron chi connectivity index (χ4n) is 2.63. The number of hydrogen-bond donors (Lipinski definition) is 2. The normalized spacial score (nSPS) is 15.2. The number of amides is 1. The number of aromatic nitrogens is 1. The van der Waals surface area contributed by atoms with Crippen LogP contribution in [0.5, 0.6) is 5.75 Å². The van der Waals surface area contributed by atoms with E-state index in [2.05, 4.69) is 10.3 Å². The number of nitrogens with zero attached hydrogens (tertiary/aromatic N) is 1. The Hall–Kier alpha value is -1.92. The molecule has 6 heteroatoms. The number of carbonyl (C=O) groups is 1. The van der Waals surface area contributed by atoms with Crippen molar-refractivity contribution in [3.63, 3.8) is 0 Å². The lowest BCUT2D eigenvalue weighted by Gasteiger charge is -2.16. The SMILES string of the molecule is COc1ccccc1-c1nc(C(=O)NC(CCO)C2CC2)cs1. The van der Waals surface area contributed by atoms with Gasteiger partial charge in [0.25, 0.3) is 5.91 Å². The molecule has 1 aromatic heterocycles. The van der Waals surface area contributed by atoms with Gasteiger partial charge in [-0.15, -0.1) is 11.3 Å². The summed E-state index contributed by atoms with van der Waals surface area (Å²) in [7, 11) is 1.62. The molecule has 1 unspecified atom stereocenters. The quantitative estimate of drug-likeness (QED) is 0.818. The minimum Gasteiger partial charge on any atom is -0.496 e. The van der Waals surface area contributed by atoms with E-state index in [0.29, 0.717) is 18.0 Å². The molecule has 1 aromatic carbocycles. The summed E-state index contributed by atoms with van der Waals surface area (Å²) in [5.74, 6) is 1.07. The summed E-state index contributed by atoms with van der Waals surface area (Å²) in [5, 5.41) is 14.7. The molecule has 122 valence electrons. The second-order valence-electron chi connectivity index (χ2n) is 5.67. The van der Waals surface area contributed by atoms with Crippen LogP contribution in [-0.4, -0.2) is 35.8 Å². The van der Waals surface area contributed by atoms with Crippen LogP contribution in [0.1, 0.15) is 29.8 Å². The Kier molecular flexibility index (Phi) is 4.93. The first-order valence-corrected chi connectivity index (χ1v) is 8.61. The van der Waals surface area contributed by atoms with Crippen molar-refractivity contribution in [1.29, 1.82) is 0 Å².